The molecule has 3 rings (SSSR count). The van der Waals surface area contributed by atoms with Crippen molar-refractivity contribution in [3.05, 3.63) is 84.4 Å². The van der Waals surface area contributed by atoms with E-state index in [-0.39, 0.29) is 16.1 Å². The number of nitrogens with one attached hydrogen (secondary N) is 1. The number of sulfonamides is 1. The molecule has 0 heterocycles. The van der Waals surface area contributed by atoms with E-state index in [1.165, 1.54) is 38.5 Å². The van der Waals surface area contributed by atoms with E-state index in [0.717, 1.165) is 4.31 Å². The monoisotopic (exact) mass is 454 g/mol. The van der Waals surface area contributed by atoms with E-state index in [2.05, 4.69) is 10.1 Å². The van der Waals surface area contributed by atoms with Gasteiger partial charge in [0.2, 0.25) is 5.91 Å². The molecule has 32 heavy (non-hydrogen) atoms. The number of carbonyl (C=O) groups excluding carboxylic acids is 2. The highest BCUT2D eigenvalue weighted by atomic mass is 32.2. The number of anilines is 2. The van der Waals surface area contributed by atoms with Crippen molar-refractivity contribution in [1.29, 1.82) is 0 Å². The lowest BCUT2D eigenvalue weighted by atomic mass is 10.2. The van der Waals surface area contributed by atoms with Crippen LogP contribution in [0.5, 0.6) is 5.75 Å². The Morgan fingerprint density at radius 3 is 2.31 bits per heavy atom. The Labute approximate surface area is 186 Å². The number of benzene rings is 3. The number of amides is 1. The van der Waals surface area contributed by atoms with Crippen molar-refractivity contribution in [3.8, 4) is 5.75 Å². The highest BCUT2D eigenvalue weighted by Crippen LogP contribution is 2.27. The molecule has 0 aliphatic rings. The average Bonchev–Trinajstić information content (AvgIpc) is 2.82. The van der Waals surface area contributed by atoms with E-state index in [1.54, 1.807) is 54.6 Å². The standard InChI is InChI=1S/C23H22N2O6S/c1-30-20-11-7-10-19(15-20)25(32(28,29)21-12-4-3-5-13-21)16-22(26)24-18-9-6-8-17(14-18)23(27)31-2/h3-15H,16H2,1-2H3,(H,24,26). The zero-order chi connectivity index (χ0) is 23.1. The maximum atomic E-state index is 13.3. The normalized spacial score (nSPS) is 10.8. The molecule has 0 aliphatic heterocycles. The highest BCUT2D eigenvalue weighted by Gasteiger charge is 2.27. The third-order valence-electron chi connectivity index (χ3n) is 4.53. The summed E-state index contributed by atoms with van der Waals surface area (Å²) in [5.41, 5.74) is 0.860. The average molecular weight is 455 g/mol. The van der Waals surface area contributed by atoms with Crippen LogP contribution in [0.25, 0.3) is 0 Å². The second-order valence-electron chi connectivity index (χ2n) is 6.65. The Morgan fingerprint density at radius 1 is 0.906 bits per heavy atom. The third kappa shape index (κ3) is 5.25. The molecule has 0 radical (unpaired) electrons. The van der Waals surface area contributed by atoms with Crippen LogP contribution in [0.4, 0.5) is 11.4 Å². The topological polar surface area (TPSA) is 102 Å². The molecule has 0 atom stereocenters. The molecule has 1 amide bonds. The van der Waals surface area contributed by atoms with Crippen molar-refractivity contribution in [1.82, 2.24) is 0 Å². The molecule has 0 bridgehead atoms. The summed E-state index contributed by atoms with van der Waals surface area (Å²) < 4.78 is 37.6. The van der Waals surface area contributed by atoms with E-state index >= 15 is 0 Å². The Morgan fingerprint density at radius 2 is 1.62 bits per heavy atom. The fourth-order valence-corrected chi connectivity index (χ4v) is 4.41. The minimum absolute atomic E-state index is 0.0447. The van der Waals surface area contributed by atoms with Crippen LogP contribution in [0, 0.1) is 0 Å². The molecule has 0 fully saturated rings. The first-order valence-electron chi connectivity index (χ1n) is 9.55. The molecular weight excluding hydrogens is 432 g/mol. The van der Waals surface area contributed by atoms with Gasteiger partial charge in [0.25, 0.3) is 10.0 Å². The molecule has 0 aromatic heterocycles. The zero-order valence-electron chi connectivity index (χ0n) is 17.5. The molecule has 3 aromatic carbocycles. The predicted octanol–water partition coefficient (Wildman–Crippen LogP) is 3.32. The summed E-state index contributed by atoms with van der Waals surface area (Å²) >= 11 is 0. The molecule has 9 heteroatoms. The van der Waals surface area contributed by atoms with E-state index in [1.807, 2.05) is 0 Å². The highest BCUT2D eigenvalue weighted by molar-refractivity contribution is 7.92. The van der Waals surface area contributed by atoms with Crippen LogP contribution in [-0.2, 0) is 19.6 Å². The summed E-state index contributed by atoms with van der Waals surface area (Å²) in [4.78, 5) is 24.6. The molecule has 0 saturated heterocycles. The van der Waals surface area contributed by atoms with Gasteiger partial charge in [-0.25, -0.2) is 13.2 Å². The lowest BCUT2D eigenvalue weighted by Crippen LogP contribution is -2.38. The number of methoxy groups -OCH3 is 2. The SMILES string of the molecule is COC(=O)c1cccc(NC(=O)CN(c2cccc(OC)c2)S(=O)(=O)c2ccccc2)c1. The Kier molecular flexibility index (Phi) is 7.11. The van der Waals surface area contributed by atoms with Gasteiger partial charge in [0, 0.05) is 11.8 Å². The van der Waals surface area contributed by atoms with Crippen LogP contribution >= 0.6 is 0 Å². The molecule has 8 nitrogen and oxygen atoms in total. The number of ether oxygens (including phenoxy) is 2. The number of hydrogen-bond acceptors (Lipinski definition) is 6. The van der Waals surface area contributed by atoms with E-state index in [4.69, 9.17) is 4.74 Å². The number of nitrogens with zero attached hydrogens (tertiary/aromatic N) is 1. The van der Waals surface area contributed by atoms with Crippen molar-refractivity contribution in [2.24, 2.45) is 0 Å². The maximum absolute atomic E-state index is 13.3. The molecule has 0 unspecified atom stereocenters. The minimum Gasteiger partial charge on any atom is -0.497 e. The van der Waals surface area contributed by atoms with Crippen molar-refractivity contribution >= 4 is 33.3 Å². The maximum Gasteiger partial charge on any atom is 0.337 e. The molecule has 0 spiro atoms. The van der Waals surface area contributed by atoms with Crippen molar-refractivity contribution in [2.75, 3.05) is 30.4 Å². The van der Waals surface area contributed by atoms with Gasteiger partial charge < -0.3 is 14.8 Å². The Hall–Kier alpha value is -3.85. The van der Waals surface area contributed by atoms with Gasteiger partial charge in [-0.15, -0.1) is 0 Å². The minimum atomic E-state index is -4.05. The molecule has 1 N–H and O–H groups in total. The van der Waals surface area contributed by atoms with Gasteiger partial charge in [0.15, 0.2) is 0 Å². The zero-order valence-corrected chi connectivity index (χ0v) is 18.3. The van der Waals surface area contributed by atoms with Gasteiger partial charge in [0.05, 0.1) is 30.4 Å². The number of rotatable bonds is 8. The van der Waals surface area contributed by atoms with E-state index in [0.29, 0.717) is 11.4 Å². The lowest BCUT2D eigenvalue weighted by Gasteiger charge is -2.24. The van der Waals surface area contributed by atoms with Gasteiger partial charge >= 0.3 is 5.97 Å². The van der Waals surface area contributed by atoms with Gasteiger partial charge in [-0.05, 0) is 42.5 Å². The van der Waals surface area contributed by atoms with Gasteiger partial charge in [-0.3, -0.25) is 9.10 Å². The summed E-state index contributed by atoms with van der Waals surface area (Å²) in [6, 6.07) is 20.4. The second-order valence-corrected chi connectivity index (χ2v) is 8.51. The molecule has 0 aliphatic carbocycles. The van der Waals surface area contributed by atoms with Crippen molar-refractivity contribution < 1.29 is 27.5 Å². The van der Waals surface area contributed by atoms with Crippen LogP contribution in [-0.4, -0.2) is 41.1 Å². The lowest BCUT2D eigenvalue weighted by molar-refractivity contribution is -0.114. The third-order valence-corrected chi connectivity index (χ3v) is 6.32. The van der Waals surface area contributed by atoms with Crippen LogP contribution in [0.2, 0.25) is 0 Å². The van der Waals surface area contributed by atoms with Crippen LogP contribution in [0.3, 0.4) is 0 Å². The molecule has 3 aromatic rings. The van der Waals surface area contributed by atoms with E-state index < -0.39 is 28.4 Å². The summed E-state index contributed by atoms with van der Waals surface area (Å²) in [6.07, 6.45) is 0. The molecular formula is C23H22N2O6S. The smallest absolute Gasteiger partial charge is 0.337 e. The predicted molar refractivity (Wildman–Crippen MR) is 120 cm³/mol. The quantitative estimate of drug-likeness (QED) is 0.524. The molecule has 0 saturated carbocycles. The molecule has 166 valence electrons. The number of hydrogen-bond donors (Lipinski definition) is 1. The summed E-state index contributed by atoms with van der Waals surface area (Å²) in [5.74, 6) is -0.693. The summed E-state index contributed by atoms with van der Waals surface area (Å²) in [5, 5.41) is 2.63. The largest absolute Gasteiger partial charge is 0.497 e. The van der Waals surface area contributed by atoms with Crippen molar-refractivity contribution in [2.45, 2.75) is 4.90 Å². The summed E-state index contributed by atoms with van der Waals surface area (Å²) in [7, 11) is -1.32. The first kappa shape index (κ1) is 22.8. The van der Waals surface area contributed by atoms with Crippen LogP contribution in [0.15, 0.2) is 83.8 Å². The Bertz CT molecular complexity index is 1210. The fraction of sp³-hybridized carbons (Fsp3) is 0.130. The van der Waals surface area contributed by atoms with Gasteiger partial charge in [-0.1, -0.05) is 30.3 Å². The van der Waals surface area contributed by atoms with Crippen molar-refractivity contribution in [3.63, 3.8) is 0 Å². The van der Waals surface area contributed by atoms with Gasteiger partial charge in [-0.2, -0.15) is 0 Å². The number of esters is 1. The first-order valence-corrected chi connectivity index (χ1v) is 11.0. The summed E-state index contributed by atoms with van der Waals surface area (Å²) in [6.45, 7) is -0.493. The van der Waals surface area contributed by atoms with Crippen LogP contribution < -0.4 is 14.4 Å². The Balaban J connectivity index is 1.92. The van der Waals surface area contributed by atoms with Gasteiger partial charge in [0.1, 0.15) is 12.3 Å². The van der Waals surface area contributed by atoms with E-state index in [9.17, 15) is 18.0 Å². The fourth-order valence-electron chi connectivity index (χ4n) is 2.97. The van der Waals surface area contributed by atoms with Crippen LogP contribution in [0.1, 0.15) is 10.4 Å². The number of carbonyl (C=O) groups is 2. The second kappa shape index (κ2) is 9.97. The first-order chi connectivity index (χ1) is 15.3.